The highest BCUT2D eigenvalue weighted by Crippen LogP contribution is 2.27. The van der Waals surface area contributed by atoms with Crippen LogP contribution in [0, 0.1) is 0 Å². The summed E-state index contributed by atoms with van der Waals surface area (Å²) in [5, 5.41) is 39.1. The van der Waals surface area contributed by atoms with Gasteiger partial charge in [-0.1, -0.05) is 29.4 Å². The van der Waals surface area contributed by atoms with Gasteiger partial charge in [-0.15, -0.1) is 0 Å². The highest BCUT2D eigenvalue weighted by Gasteiger charge is 2.13. The van der Waals surface area contributed by atoms with Gasteiger partial charge in [0.05, 0.1) is 18.3 Å². The summed E-state index contributed by atoms with van der Waals surface area (Å²) in [6.45, 7) is 7.43. The number of carbonyl (C=O) groups is 1. The van der Waals surface area contributed by atoms with E-state index in [1.807, 2.05) is 32.9 Å². The Morgan fingerprint density at radius 1 is 1.04 bits per heavy atom. The monoisotopic (exact) mass is 374 g/mol. The zero-order valence-electron chi connectivity index (χ0n) is 16.5. The van der Waals surface area contributed by atoms with Crippen LogP contribution in [0.15, 0.2) is 47.1 Å². The molecule has 1 atom stereocenters. The molecule has 0 bridgehead atoms. The Balaban J connectivity index is 3.11. The fraction of sp³-hybridized carbons (Fsp3) is 0.409. The van der Waals surface area contributed by atoms with E-state index in [4.69, 9.17) is 5.11 Å². The molecule has 0 radical (unpaired) electrons. The SMILES string of the molecule is CC(C)=CCC(O)C(C)=CCc1cc(C(=O)O)cc(CC=C(C)CO)c1O. The number of rotatable bonds is 9. The smallest absolute Gasteiger partial charge is 0.335 e. The predicted octanol–water partition coefficient (Wildman–Crippen LogP) is 3.78. The normalized spacial score (nSPS) is 13.4. The van der Waals surface area contributed by atoms with Crippen molar-refractivity contribution in [2.45, 2.75) is 53.1 Å². The van der Waals surface area contributed by atoms with Crippen molar-refractivity contribution in [1.29, 1.82) is 0 Å². The van der Waals surface area contributed by atoms with Gasteiger partial charge in [-0.2, -0.15) is 0 Å². The molecule has 27 heavy (non-hydrogen) atoms. The molecule has 0 aliphatic carbocycles. The number of carboxylic acids is 1. The standard InChI is InChI=1S/C22H30O5/c1-14(2)5-10-20(24)16(4)7-9-18-12-19(22(26)27)11-17(21(18)25)8-6-15(3)13-23/h5-7,11-12,20,23-25H,8-10,13H2,1-4H3,(H,26,27). The van der Waals surface area contributed by atoms with Crippen LogP contribution in [0.5, 0.6) is 5.75 Å². The average Bonchev–Trinajstić information content (AvgIpc) is 2.63. The molecule has 0 saturated heterocycles. The highest BCUT2D eigenvalue weighted by atomic mass is 16.4. The van der Waals surface area contributed by atoms with Crippen LogP contribution in [0.4, 0.5) is 0 Å². The molecule has 1 rings (SSSR count). The molecule has 0 amide bonds. The van der Waals surface area contributed by atoms with E-state index in [0.29, 0.717) is 30.4 Å². The van der Waals surface area contributed by atoms with Crippen LogP contribution < -0.4 is 0 Å². The summed E-state index contributed by atoms with van der Waals surface area (Å²) in [6.07, 6.45) is 6.08. The second-order valence-electron chi connectivity index (χ2n) is 7.05. The molecule has 0 spiro atoms. The molecule has 5 nitrogen and oxygen atoms in total. The number of benzene rings is 1. The number of aromatic carboxylic acids is 1. The number of allylic oxidation sites excluding steroid dienone is 3. The zero-order valence-corrected chi connectivity index (χ0v) is 16.5. The maximum atomic E-state index is 11.4. The average molecular weight is 374 g/mol. The van der Waals surface area contributed by atoms with Crippen molar-refractivity contribution in [3.8, 4) is 5.75 Å². The maximum Gasteiger partial charge on any atom is 0.335 e. The van der Waals surface area contributed by atoms with Crippen molar-refractivity contribution in [3.63, 3.8) is 0 Å². The summed E-state index contributed by atoms with van der Waals surface area (Å²) >= 11 is 0. The lowest BCUT2D eigenvalue weighted by Gasteiger charge is -2.12. The molecule has 1 unspecified atom stereocenters. The molecule has 0 aromatic heterocycles. The Hall–Kier alpha value is -2.37. The fourth-order valence-electron chi connectivity index (χ4n) is 2.48. The van der Waals surface area contributed by atoms with E-state index < -0.39 is 12.1 Å². The van der Waals surface area contributed by atoms with E-state index >= 15 is 0 Å². The highest BCUT2D eigenvalue weighted by molar-refractivity contribution is 5.88. The van der Waals surface area contributed by atoms with Gasteiger partial charge in [0.15, 0.2) is 0 Å². The second-order valence-corrected chi connectivity index (χ2v) is 7.05. The number of aromatic hydroxyl groups is 1. The van der Waals surface area contributed by atoms with Crippen molar-refractivity contribution in [3.05, 3.63) is 63.8 Å². The molecule has 1 aromatic carbocycles. The molecule has 0 heterocycles. The van der Waals surface area contributed by atoms with Gasteiger partial charge in [-0.05, 0) is 75.8 Å². The van der Waals surface area contributed by atoms with Crippen LogP contribution in [0.3, 0.4) is 0 Å². The largest absolute Gasteiger partial charge is 0.507 e. The molecule has 1 aromatic rings. The Labute approximate surface area is 161 Å². The van der Waals surface area contributed by atoms with E-state index in [1.165, 1.54) is 12.1 Å². The zero-order chi connectivity index (χ0) is 20.6. The minimum atomic E-state index is -1.07. The van der Waals surface area contributed by atoms with Gasteiger partial charge in [0.2, 0.25) is 0 Å². The number of carboxylic acid groups (broad SMARTS) is 1. The maximum absolute atomic E-state index is 11.4. The minimum absolute atomic E-state index is 0.0461. The number of aliphatic hydroxyl groups is 2. The van der Waals surface area contributed by atoms with Crippen molar-refractivity contribution >= 4 is 5.97 Å². The van der Waals surface area contributed by atoms with Gasteiger partial charge >= 0.3 is 5.97 Å². The molecular weight excluding hydrogens is 344 g/mol. The van der Waals surface area contributed by atoms with E-state index in [-0.39, 0.29) is 17.9 Å². The summed E-state index contributed by atoms with van der Waals surface area (Å²) < 4.78 is 0. The fourth-order valence-corrected chi connectivity index (χ4v) is 2.48. The Kier molecular flexibility index (Phi) is 8.98. The number of hydrogen-bond donors (Lipinski definition) is 4. The van der Waals surface area contributed by atoms with Crippen molar-refractivity contribution < 1.29 is 25.2 Å². The third-order valence-electron chi connectivity index (χ3n) is 4.35. The Morgan fingerprint density at radius 2 is 1.59 bits per heavy atom. The van der Waals surface area contributed by atoms with Crippen LogP contribution in [0.25, 0.3) is 0 Å². The lowest BCUT2D eigenvalue weighted by Crippen LogP contribution is -2.07. The minimum Gasteiger partial charge on any atom is -0.507 e. The van der Waals surface area contributed by atoms with E-state index in [2.05, 4.69) is 0 Å². The summed E-state index contributed by atoms with van der Waals surface area (Å²) in [6, 6.07) is 2.90. The molecule has 4 N–H and O–H groups in total. The lowest BCUT2D eigenvalue weighted by molar-refractivity contribution is 0.0696. The first kappa shape index (κ1) is 22.7. The Bertz CT molecular complexity index is 752. The van der Waals surface area contributed by atoms with Gasteiger partial charge in [-0.25, -0.2) is 4.79 Å². The van der Waals surface area contributed by atoms with E-state index in [0.717, 1.165) is 16.7 Å². The molecule has 0 fully saturated rings. The molecular formula is C22H30O5. The summed E-state index contributed by atoms with van der Waals surface area (Å²) in [5.41, 5.74) is 3.73. The van der Waals surface area contributed by atoms with Crippen LogP contribution in [-0.2, 0) is 12.8 Å². The topological polar surface area (TPSA) is 98.0 Å². The first-order valence-electron chi connectivity index (χ1n) is 8.98. The summed E-state index contributed by atoms with van der Waals surface area (Å²) in [7, 11) is 0. The van der Waals surface area contributed by atoms with Crippen molar-refractivity contribution in [2.75, 3.05) is 6.61 Å². The Morgan fingerprint density at radius 3 is 2.07 bits per heavy atom. The third kappa shape index (κ3) is 7.41. The van der Waals surface area contributed by atoms with Gasteiger partial charge in [0, 0.05) is 0 Å². The summed E-state index contributed by atoms with van der Waals surface area (Å²) in [5.74, 6) is -1.02. The first-order chi connectivity index (χ1) is 12.6. The number of aliphatic hydroxyl groups excluding tert-OH is 2. The second kappa shape index (κ2) is 10.7. The molecule has 5 heteroatoms. The molecule has 0 saturated carbocycles. The first-order valence-corrected chi connectivity index (χ1v) is 8.98. The van der Waals surface area contributed by atoms with Gasteiger partial charge < -0.3 is 20.4 Å². The predicted molar refractivity (Wildman–Crippen MR) is 107 cm³/mol. The number of phenolic OH excluding ortho intramolecular Hbond substituents is 1. The summed E-state index contributed by atoms with van der Waals surface area (Å²) in [4.78, 5) is 11.4. The van der Waals surface area contributed by atoms with E-state index in [1.54, 1.807) is 13.0 Å². The van der Waals surface area contributed by atoms with Crippen LogP contribution in [0.2, 0.25) is 0 Å². The molecule has 0 aliphatic heterocycles. The van der Waals surface area contributed by atoms with Crippen molar-refractivity contribution in [1.82, 2.24) is 0 Å². The van der Waals surface area contributed by atoms with Crippen LogP contribution in [0.1, 0.15) is 55.6 Å². The lowest BCUT2D eigenvalue weighted by atomic mass is 9.97. The van der Waals surface area contributed by atoms with Crippen molar-refractivity contribution in [2.24, 2.45) is 0 Å². The number of phenols is 1. The van der Waals surface area contributed by atoms with Gasteiger partial charge in [0.25, 0.3) is 0 Å². The van der Waals surface area contributed by atoms with Gasteiger partial charge in [-0.3, -0.25) is 0 Å². The van der Waals surface area contributed by atoms with E-state index in [9.17, 15) is 20.1 Å². The van der Waals surface area contributed by atoms with Crippen LogP contribution >= 0.6 is 0 Å². The third-order valence-corrected chi connectivity index (χ3v) is 4.35. The van der Waals surface area contributed by atoms with Crippen LogP contribution in [-0.4, -0.2) is 39.1 Å². The quantitative estimate of drug-likeness (QED) is 0.493. The van der Waals surface area contributed by atoms with Gasteiger partial charge in [0.1, 0.15) is 5.75 Å². The molecule has 148 valence electrons. The number of hydrogen-bond acceptors (Lipinski definition) is 4. The molecule has 0 aliphatic rings.